The Morgan fingerprint density at radius 3 is 2.23 bits per heavy atom. The molecule has 3 saturated carbocycles. The van der Waals surface area contributed by atoms with Crippen LogP contribution in [0, 0.1) is 52.3 Å². The molecule has 4 aliphatic rings. The number of rotatable bonds is 17. The zero-order valence-corrected chi connectivity index (χ0v) is 29.9. The largest absolute Gasteiger partial charge is 0.462 e. The van der Waals surface area contributed by atoms with E-state index < -0.39 is 0 Å². The molecule has 0 radical (unpaired) electrons. The van der Waals surface area contributed by atoms with Crippen molar-refractivity contribution < 1.29 is 9.53 Å². The zero-order chi connectivity index (χ0) is 31.0. The van der Waals surface area contributed by atoms with Gasteiger partial charge in [-0.25, -0.2) is 0 Å². The molecule has 0 spiro atoms. The Bertz CT molecular complexity index is 888. The van der Waals surface area contributed by atoms with E-state index in [0.717, 1.165) is 60.7 Å². The highest BCUT2D eigenvalue weighted by molar-refractivity contribution is 5.69. The second-order valence-corrected chi connectivity index (χ2v) is 16.9. The van der Waals surface area contributed by atoms with E-state index in [-0.39, 0.29) is 12.1 Å². The van der Waals surface area contributed by atoms with E-state index in [2.05, 4.69) is 54.5 Å². The van der Waals surface area contributed by atoms with Crippen LogP contribution in [0.3, 0.4) is 0 Å². The fourth-order valence-electron chi connectivity index (χ4n) is 11.2. The third-order valence-electron chi connectivity index (χ3n) is 14.1. The van der Waals surface area contributed by atoms with Gasteiger partial charge in [-0.05, 0) is 110 Å². The molecule has 0 saturated heterocycles. The van der Waals surface area contributed by atoms with Gasteiger partial charge >= 0.3 is 5.97 Å². The predicted octanol–water partition coefficient (Wildman–Crippen LogP) is 12.5. The minimum absolute atomic E-state index is 0.0593. The molecular weight excluding hydrogens is 524 g/mol. The summed E-state index contributed by atoms with van der Waals surface area (Å²) in [6.07, 6.45) is 29.5. The predicted molar refractivity (Wildman–Crippen MR) is 184 cm³/mol. The van der Waals surface area contributed by atoms with Gasteiger partial charge in [-0.3, -0.25) is 4.79 Å². The summed E-state index contributed by atoms with van der Waals surface area (Å²) in [5, 5.41) is 0. The van der Waals surface area contributed by atoms with Crippen molar-refractivity contribution in [1.29, 1.82) is 0 Å². The molecule has 9 unspecified atom stereocenters. The fraction of sp³-hybridized carbons (Fsp3) is 0.927. The minimum atomic E-state index is 0.0593. The summed E-state index contributed by atoms with van der Waals surface area (Å²) in [7, 11) is 0. The van der Waals surface area contributed by atoms with E-state index in [9.17, 15) is 4.79 Å². The number of fused-ring (bicyclic) bond motifs is 5. The number of ether oxygens (including phenoxy) is 1. The second-order valence-electron chi connectivity index (χ2n) is 16.9. The van der Waals surface area contributed by atoms with Crippen molar-refractivity contribution in [3.63, 3.8) is 0 Å². The van der Waals surface area contributed by atoms with Gasteiger partial charge in [-0.2, -0.15) is 0 Å². The quantitative estimate of drug-likeness (QED) is 0.0948. The van der Waals surface area contributed by atoms with Crippen LogP contribution in [-0.2, 0) is 9.53 Å². The maximum Gasteiger partial charge on any atom is 0.306 e. The molecule has 0 N–H and O–H groups in total. The van der Waals surface area contributed by atoms with E-state index in [1.165, 1.54) is 109 Å². The third kappa shape index (κ3) is 8.33. The van der Waals surface area contributed by atoms with Gasteiger partial charge in [-0.1, -0.05) is 124 Å². The lowest BCUT2D eigenvalue weighted by Gasteiger charge is -2.58. The monoisotopic (exact) mass is 597 g/mol. The Balaban J connectivity index is 1.25. The molecule has 2 heteroatoms. The minimum Gasteiger partial charge on any atom is -0.462 e. The topological polar surface area (TPSA) is 26.3 Å². The Morgan fingerprint density at radius 2 is 1.56 bits per heavy atom. The van der Waals surface area contributed by atoms with E-state index >= 15 is 0 Å². The van der Waals surface area contributed by atoms with E-state index in [1.807, 2.05) is 0 Å². The number of carbonyl (C=O) groups is 1. The van der Waals surface area contributed by atoms with Crippen LogP contribution < -0.4 is 0 Å². The zero-order valence-electron chi connectivity index (χ0n) is 29.9. The maximum atomic E-state index is 12.7. The summed E-state index contributed by atoms with van der Waals surface area (Å²) in [6, 6.07) is 0. The summed E-state index contributed by atoms with van der Waals surface area (Å²) in [4.78, 5) is 12.7. The summed E-state index contributed by atoms with van der Waals surface area (Å²) in [6.45, 7) is 17.4. The maximum absolute atomic E-state index is 12.7. The average molecular weight is 597 g/mol. The third-order valence-corrected chi connectivity index (χ3v) is 14.1. The SMILES string of the molecule is CCCCCCCCCCCC(=O)OC1CCC2(C)C(=CCC3C2CCC2(C)C(C(C)CCC(CC)C(C)C)CCC32)C1. The molecule has 2 nitrogen and oxygen atoms in total. The highest BCUT2D eigenvalue weighted by atomic mass is 16.5. The number of allylic oxidation sites excluding steroid dienone is 1. The molecule has 0 aromatic heterocycles. The van der Waals surface area contributed by atoms with Gasteiger partial charge in [-0.15, -0.1) is 0 Å². The summed E-state index contributed by atoms with van der Waals surface area (Å²) < 4.78 is 6.10. The van der Waals surface area contributed by atoms with Crippen LogP contribution in [0.4, 0.5) is 0 Å². The van der Waals surface area contributed by atoms with Crippen LogP contribution in [0.25, 0.3) is 0 Å². The summed E-state index contributed by atoms with van der Waals surface area (Å²) in [5.41, 5.74) is 2.52. The van der Waals surface area contributed by atoms with Crippen molar-refractivity contribution in [2.45, 2.75) is 189 Å². The molecule has 43 heavy (non-hydrogen) atoms. The normalized spacial score (nSPS) is 35.1. The first-order valence-electron chi connectivity index (χ1n) is 19.5. The molecule has 0 aliphatic heterocycles. The van der Waals surface area contributed by atoms with Gasteiger partial charge in [0.05, 0.1) is 0 Å². The molecule has 0 heterocycles. The van der Waals surface area contributed by atoms with E-state index in [0.29, 0.717) is 17.3 Å². The summed E-state index contributed by atoms with van der Waals surface area (Å²) >= 11 is 0. The number of esters is 1. The van der Waals surface area contributed by atoms with Gasteiger partial charge in [0, 0.05) is 12.8 Å². The van der Waals surface area contributed by atoms with Gasteiger partial charge in [0.1, 0.15) is 6.10 Å². The Hall–Kier alpha value is -0.790. The first kappa shape index (κ1) is 35.1. The van der Waals surface area contributed by atoms with Crippen LogP contribution in [0.1, 0.15) is 183 Å². The number of unbranched alkanes of at least 4 members (excludes halogenated alkanes) is 8. The highest BCUT2D eigenvalue weighted by Crippen LogP contribution is 2.67. The molecule has 9 atom stereocenters. The molecule has 4 aliphatic carbocycles. The van der Waals surface area contributed by atoms with E-state index in [4.69, 9.17) is 4.74 Å². The molecule has 0 amide bonds. The smallest absolute Gasteiger partial charge is 0.306 e. The Morgan fingerprint density at radius 1 is 0.860 bits per heavy atom. The average Bonchev–Trinajstić information content (AvgIpc) is 3.34. The second kappa shape index (κ2) is 16.2. The van der Waals surface area contributed by atoms with Crippen molar-refractivity contribution in [2.75, 3.05) is 0 Å². The van der Waals surface area contributed by atoms with Crippen LogP contribution in [0.15, 0.2) is 11.6 Å². The Kier molecular flexibility index (Phi) is 13.2. The lowest BCUT2D eigenvalue weighted by Crippen LogP contribution is -2.51. The number of hydrogen-bond acceptors (Lipinski definition) is 2. The van der Waals surface area contributed by atoms with Gasteiger partial charge < -0.3 is 4.74 Å². The van der Waals surface area contributed by atoms with Crippen molar-refractivity contribution in [3.8, 4) is 0 Å². The Labute approximate surface area is 268 Å². The van der Waals surface area contributed by atoms with Gasteiger partial charge in [0.25, 0.3) is 0 Å². The molecule has 0 aromatic rings. The van der Waals surface area contributed by atoms with Crippen molar-refractivity contribution in [3.05, 3.63) is 11.6 Å². The molecule has 4 rings (SSSR count). The van der Waals surface area contributed by atoms with E-state index in [1.54, 1.807) is 5.57 Å². The van der Waals surface area contributed by atoms with Crippen molar-refractivity contribution >= 4 is 5.97 Å². The standard InChI is InChI=1S/C41H72O2/c1-8-10-11-12-13-14-15-16-17-18-39(42)43-34-25-27-40(6)33(29-34)21-22-35-37-24-23-36(41(37,7)28-26-38(35)40)31(5)19-20-32(9-2)30(3)4/h21,30-32,34-38H,8-20,22-29H2,1-7H3. The first-order valence-corrected chi connectivity index (χ1v) is 19.5. The van der Waals surface area contributed by atoms with Crippen LogP contribution in [-0.4, -0.2) is 12.1 Å². The molecule has 3 fully saturated rings. The lowest BCUT2D eigenvalue weighted by molar-refractivity contribution is -0.151. The number of hydrogen-bond donors (Lipinski definition) is 0. The van der Waals surface area contributed by atoms with Gasteiger partial charge in [0.2, 0.25) is 0 Å². The number of carbonyl (C=O) groups excluding carboxylic acids is 1. The lowest BCUT2D eigenvalue weighted by atomic mass is 9.47. The highest BCUT2D eigenvalue weighted by Gasteiger charge is 2.59. The fourth-order valence-corrected chi connectivity index (χ4v) is 11.2. The van der Waals surface area contributed by atoms with Crippen molar-refractivity contribution in [2.24, 2.45) is 52.3 Å². The molecule has 248 valence electrons. The first-order chi connectivity index (χ1) is 20.6. The molecule has 0 bridgehead atoms. The molecular formula is C41H72O2. The van der Waals surface area contributed by atoms with Crippen LogP contribution in [0.2, 0.25) is 0 Å². The van der Waals surface area contributed by atoms with Crippen LogP contribution in [0.5, 0.6) is 0 Å². The van der Waals surface area contributed by atoms with Gasteiger partial charge in [0.15, 0.2) is 0 Å². The van der Waals surface area contributed by atoms with Crippen LogP contribution >= 0.6 is 0 Å². The summed E-state index contributed by atoms with van der Waals surface area (Å²) in [5.74, 6) is 6.18. The van der Waals surface area contributed by atoms with Crippen molar-refractivity contribution in [1.82, 2.24) is 0 Å². The molecule has 0 aromatic carbocycles.